The fourth-order valence-corrected chi connectivity index (χ4v) is 6.30. The topological polar surface area (TPSA) is 66.9 Å². The van der Waals surface area contributed by atoms with Crippen molar-refractivity contribution >= 4 is 21.4 Å². The van der Waals surface area contributed by atoms with Crippen LogP contribution in [0.15, 0.2) is 48.5 Å². The highest BCUT2D eigenvalue weighted by molar-refractivity contribution is 7.91. The summed E-state index contributed by atoms with van der Waals surface area (Å²) in [6.07, 6.45) is 1.41. The second-order valence-corrected chi connectivity index (χ2v) is 10.5. The predicted octanol–water partition coefficient (Wildman–Crippen LogP) is 2.66. The fraction of sp³-hybridized carbons (Fsp3) is 0.435. The van der Waals surface area contributed by atoms with Crippen LogP contribution >= 0.6 is 0 Å². The van der Waals surface area contributed by atoms with Gasteiger partial charge in [-0.05, 0) is 49.1 Å². The van der Waals surface area contributed by atoms with Gasteiger partial charge in [-0.25, -0.2) is 8.42 Å². The maximum Gasteiger partial charge on any atom is 0.241 e. The Labute approximate surface area is 178 Å². The van der Waals surface area contributed by atoms with E-state index in [4.69, 9.17) is 4.74 Å². The number of para-hydroxylation sites is 1. The first-order valence-electron chi connectivity index (χ1n) is 10.3. The Kier molecular flexibility index (Phi) is 5.84. The smallest absolute Gasteiger partial charge is 0.241 e. The van der Waals surface area contributed by atoms with E-state index < -0.39 is 9.84 Å². The highest BCUT2D eigenvalue weighted by Crippen LogP contribution is 2.32. The Hall–Kier alpha value is -2.38. The van der Waals surface area contributed by atoms with E-state index in [1.54, 1.807) is 7.11 Å². The molecule has 2 aromatic rings. The molecule has 2 aliphatic rings. The lowest BCUT2D eigenvalue weighted by molar-refractivity contribution is -0.120. The number of sulfone groups is 1. The zero-order chi connectivity index (χ0) is 21.3. The van der Waals surface area contributed by atoms with E-state index in [9.17, 15) is 13.2 Å². The molecule has 2 aliphatic heterocycles. The first-order valence-corrected chi connectivity index (χ1v) is 12.2. The summed E-state index contributed by atoms with van der Waals surface area (Å²) < 4.78 is 29.4. The van der Waals surface area contributed by atoms with Gasteiger partial charge in [0.15, 0.2) is 9.84 Å². The molecule has 2 atom stereocenters. The molecule has 0 bridgehead atoms. The number of carbonyl (C=O) groups excluding carboxylic acids is 1. The number of methoxy groups -OCH3 is 1. The van der Waals surface area contributed by atoms with Crippen LogP contribution in [0.4, 0.5) is 5.69 Å². The standard InChI is InChI=1S/C23H28N2O4S/c1-17-13-19-5-3-4-6-22(19)25(17)23(26)15-24(20-11-12-30(27,28)16-20)14-18-7-9-21(29-2)10-8-18/h3-10,17,20H,11-16H2,1-2H3/t17-,20+/m0/s1. The van der Waals surface area contributed by atoms with Crippen molar-refractivity contribution in [2.75, 3.05) is 30.1 Å². The number of rotatable bonds is 6. The SMILES string of the molecule is COc1ccc(CN(CC(=O)N2c3ccccc3C[C@@H]2C)[C@@H]2CCS(=O)(=O)C2)cc1. The second-order valence-electron chi connectivity index (χ2n) is 8.26. The first kappa shape index (κ1) is 20.9. The summed E-state index contributed by atoms with van der Waals surface area (Å²) in [6, 6.07) is 15.7. The van der Waals surface area contributed by atoms with Gasteiger partial charge >= 0.3 is 0 Å². The third-order valence-electron chi connectivity index (χ3n) is 6.08. The lowest BCUT2D eigenvalue weighted by Gasteiger charge is -2.31. The molecule has 0 N–H and O–H groups in total. The van der Waals surface area contributed by atoms with Gasteiger partial charge in [-0.15, -0.1) is 0 Å². The molecule has 0 unspecified atom stereocenters. The quantitative estimate of drug-likeness (QED) is 0.708. The van der Waals surface area contributed by atoms with Crippen LogP contribution in [0.25, 0.3) is 0 Å². The summed E-state index contributed by atoms with van der Waals surface area (Å²) in [4.78, 5) is 17.3. The van der Waals surface area contributed by atoms with Gasteiger partial charge in [-0.2, -0.15) is 0 Å². The van der Waals surface area contributed by atoms with Crippen LogP contribution in [0.1, 0.15) is 24.5 Å². The maximum atomic E-state index is 13.4. The lowest BCUT2D eigenvalue weighted by Crippen LogP contribution is -2.46. The molecule has 4 rings (SSSR count). The summed E-state index contributed by atoms with van der Waals surface area (Å²) in [5.41, 5.74) is 3.18. The Morgan fingerprint density at radius 1 is 1.17 bits per heavy atom. The molecule has 160 valence electrons. The van der Waals surface area contributed by atoms with Crippen molar-refractivity contribution in [3.8, 4) is 5.75 Å². The predicted molar refractivity (Wildman–Crippen MR) is 118 cm³/mol. The number of fused-ring (bicyclic) bond motifs is 1. The van der Waals surface area contributed by atoms with Crippen LogP contribution in [-0.2, 0) is 27.6 Å². The van der Waals surface area contributed by atoms with E-state index in [-0.39, 0.29) is 36.0 Å². The zero-order valence-corrected chi connectivity index (χ0v) is 18.3. The summed E-state index contributed by atoms with van der Waals surface area (Å²) in [5.74, 6) is 1.09. The van der Waals surface area contributed by atoms with Crippen LogP contribution in [-0.4, -0.2) is 56.5 Å². The van der Waals surface area contributed by atoms with E-state index in [0.717, 1.165) is 23.4 Å². The molecular weight excluding hydrogens is 400 g/mol. The molecule has 7 heteroatoms. The van der Waals surface area contributed by atoms with Crippen molar-refractivity contribution in [3.05, 3.63) is 59.7 Å². The van der Waals surface area contributed by atoms with E-state index >= 15 is 0 Å². The molecule has 1 saturated heterocycles. The molecule has 2 heterocycles. The van der Waals surface area contributed by atoms with Crippen LogP contribution in [0.2, 0.25) is 0 Å². The largest absolute Gasteiger partial charge is 0.497 e. The summed E-state index contributed by atoms with van der Waals surface area (Å²) >= 11 is 0. The minimum absolute atomic E-state index is 0.0188. The third-order valence-corrected chi connectivity index (χ3v) is 7.83. The van der Waals surface area contributed by atoms with Gasteiger partial charge in [0, 0.05) is 24.3 Å². The molecule has 0 aromatic heterocycles. The molecule has 0 aliphatic carbocycles. The number of anilines is 1. The maximum absolute atomic E-state index is 13.4. The average Bonchev–Trinajstić information content (AvgIpc) is 3.26. The van der Waals surface area contributed by atoms with E-state index in [1.807, 2.05) is 52.3 Å². The first-order chi connectivity index (χ1) is 14.4. The van der Waals surface area contributed by atoms with Crippen molar-refractivity contribution in [3.63, 3.8) is 0 Å². The van der Waals surface area contributed by atoms with E-state index in [1.165, 1.54) is 5.56 Å². The van der Waals surface area contributed by atoms with Gasteiger partial charge < -0.3 is 9.64 Å². The summed E-state index contributed by atoms with van der Waals surface area (Å²) in [7, 11) is -1.42. The van der Waals surface area contributed by atoms with Crippen molar-refractivity contribution in [1.29, 1.82) is 0 Å². The third kappa shape index (κ3) is 4.37. The average molecular weight is 429 g/mol. The van der Waals surface area contributed by atoms with E-state index in [2.05, 4.69) is 13.0 Å². The van der Waals surface area contributed by atoms with Gasteiger partial charge in [0.1, 0.15) is 5.75 Å². The number of nitrogens with zero attached hydrogens (tertiary/aromatic N) is 2. The highest BCUT2D eigenvalue weighted by Gasteiger charge is 2.36. The van der Waals surface area contributed by atoms with Crippen molar-refractivity contribution in [1.82, 2.24) is 4.90 Å². The second kappa shape index (κ2) is 8.40. The number of carbonyl (C=O) groups is 1. The Morgan fingerprint density at radius 3 is 2.57 bits per heavy atom. The lowest BCUT2D eigenvalue weighted by atomic mass is 10.1. The van der Waals surface area contributed by atoms with Gasteiger partial charge in [0.25, 0.3) is 0 Å². The fourth-order valence-electron chi connectivity index (χ4n) is 4.54. The van der Waals surface area contributed by atoms with Gasteiger partial charge in [-0.3, -0.25) is 9.69 Å². The molecule has 0 radical (unpaired) electrons. The van der Waals surface area contributed by atoms with Gasteiger partial charge in [0.2, 0.25) is 5.91 Å². The normalized spacial score (nSPS) is 22.3. The van der Waals surface area contributed by atoms with Gasteiger partial charge in [0.05, 0.1) is 25.2 Å². The van der Waals surface area contributed by atoms with Gasteiger partial charge in [-0.1, -0.05) is 30.3 Å². The number of hydrogen-bond donors (Lipinski definition) is 0. The van der Waals surface area contributed by atoms with Crippen molar-refractivity contribution < 1.29 is 17.9 Å². The monoisotopic (exact) mass is 428 g/mol. The summed E-state index contributed by atoms with van der Waals surface area (Å²) in [6.45, 7) is 2.79. The molecule has 6 nitrogen and oxygen atoms in total. The Bertz CT molecular complexity index is 1020. The highest BCUT2D eigenvalue weighted by atomic mass is 32.2. The van der Waals surface area contributed by atoms with Crippen molar-refractivity contribution in [2.24, 2.45) is 0 Å². The Morgan fingerprint density at radius 2 is 1.90 bits per heavy atom. The minimum atomic E-state index is -3.04. The minimum Gasteiger partial charge on any atom is -0.497 e. The molecular formula is C23H28N2O4S. The summed E-state index contributed by atoms with van der Waals surface area (Å²) in [5, 5.41) is 0. The zero-order valence-electron chi connectivity index (χ0n) is 17.5. The molecule has 30 heavy (non-hydrogen) atoms. The van der Waals surface area contributed by atoms with Crippen LogP contribution in [0, 0.1) is 0 Å². The molecule has 2 aromatic carbocycles. The molecule has 0 saturated carbocycles. The number of hydrogen-bond acceptors (Lipinski definition) is 5. The number of amides is 1. The Balaban J connectivity index is 1.55. The van der Waals surface area contributed by atoms with Crippen molar-refractivity contribution in [2.45, 2.75) is 38.4 Å². The van der Waals surface area contributed by atoms with Crippen LogP contribution in [0.5, 0.6) is 5.75 Å². The van der Waals surface area contributed by atoms with Crippen LogP contribution < -0.4 is 9.64 Å². The number of ether oxygens (including phenoxy) is 1. The van der Waals surface area contributed by atoms with E-state index in [0.29, 0.717) is 13.0 Å². The molecule has 1 amide bonds. The number of benzene rings is 2. The molecule has 0 spiro atoms. The molecule has 1 fully saturated rings. The van der Waals surface area contributed by atoms with Crippen LogP contribution in [0.3, 0.4) is 0 Å².